The topological polar surface area (TPSA) is 62.6 Å². The highest BCUT2D eigenvalue weighted by atomic mass is 79.9. The predicted molar refractivity (Wildman–Crippen MR) is 102 cm³/mol. The van der Waals surface area contributed by atoms with Crippen LogP contribution in [0.4, 0.5) is 10.5 Å². The van der Waals surface area contributed by atoms with Crippen molar-refractivity contribution in [2.75, 3.05) is 4.90 Å². The van der Waals surface area contributed by atoms with Crippen LogP contribution in [0, 0.1) is 0 Å². The van der Waals surface area contributed by atoms with Gasteiger partial charge in [0.15, 0.2) is 0 Å². The molecule has 1 fully saturated rings. The number of hydrogen-bond donors (Lipinski definition) is 1. The lowest BCUT2D eigenvalue weighted by molar-refractivity contribution is -0.113. The molecule has 0 saturated carbocycles. The molecular weight excluding hydrogens is 396 g/mol. The van der Waals surface area contributed by atoms with E-state index in [2.05, 4.69) is 21.2 Å². The summed E-state index contributed by atoms with van der Waals surface area (Å²) in [5, 5.41) is 2.59. The van der Waals surface area contributed by atoms with E-state index in [1.165, 1.54) is 6.08 Å². The molecule has 3 aromatic rings. The monoisotopic (exact) mass is 408 g/mol. The van der Waals surface area contributed by atoms with E-state index in [0.29, 0.717) is 17.2 Å². The molecule has 0 spiro atoms. The van der Waals surface area contributed by atoms with Gasteiger partial charge in [0.05, 0.1) is 5.69 Å². The Morgan fingerprint density at radius 3 is 2.54 bits per heavy atom. The van der Waals surface area contributed by atoms with Crippen LogP contribution in [0.1, 0.15) is 5.76 Å². The minimum absolute atomic E-state index is 0.175. The van der Waals surface area contributed by atoms with Crippen LogP contribution < -0.4 is 10.2 Å². The van der Waals surface area contributed by atoms with E-state index in [-0.39, 0.29) is 5.70 Å². The van der Waals surface area contributed by atoms with Gasteiger partial charge < -0.3 is 9.73 Å². The molecule has 1 saturated heterocycles. The number of para-hydroxylation sites is 1. The molecule has 128 valence electrons. The lowest BCUT2D eigenvalue weighted by atomic mass is 10.2. The lowest BCUT2D eigenvalue weighted by Gasteiger charge is -2.10. The zero-order valence-electron chi connectivity index (χ0n) is 13.5. The van der Waals surface area contributed by atoms with Crippen molar-refractivity contribution in [3.8, 4) is 11.3 Å². The largest absolute Gasteiger partial charge is 0.457 e. The van der Waals surface area contributed by atoms with Gasteiger partial charge >= 0.3 is 6.03 Å². The van der Waals surface area contributed by atoms with Gasteiger partial charge in [0, 0.05) is 16.1 Å². The van der Waals surface area contributed by atoms with Crippen molar-refractivity contribution in [3.63, 3.8) is 0 Å². The number of halogens is 1. The first kappa shape index (κ1) is 16.4. The van der Waals surface area contributed by atoms with Gasteiger partial charge in [0.25, 0.3) is 5.91 Å². The van der Waals surface area contributed by atoms with Crippen LogP contribution >= 0.6 is 15.9 Å². The maximum Gasteiger partial charge on any atom is 0.333 e. The molecule has 26 heavy (non-hydrogen) atoms. The number of anilines is 1. The van der Waals surface area contributed by atoms with Gasteiger partial charge in [-0.25, -0.2) is 9.69 Å². The van der Waals surface area contributed by atoms with Crippen LogP contribution in [-0.2, 0) is 4.79 Å². The maximum absolute atomic E-state index is 12.6. The molecule has 1 aliphatic heterocycles. The van der Waals surface area contributed by atoms with Crippen molar-refractivity contribution in [1.29, 1.82) is 0 Å². The average Bonchev–Trinajstić information content (AvgIpc) is 3.21. The number of nitrogens with zero attached hydrogens (tertiary/aromatic N) is 1. The van der Waals surface area contributed by atoms with Crippen molar-refractivity contribution in [3.05, 3.63) is 82.7 Å². The Kier molecular flexibility index (Phi) is 4.18. The number of urea groups is 1. The van der Waals surface area contributed by atoms with Gasteiger partial charge in [-0.3, -0.25) is 4.79 Å². The molecule has 3 amide bonds. The standard InChI is InChI=1S/C20H13BrN2O3/c21-14-6-4-5-13(11-14)18-10-9-16(26-18)12-17-19(24)23(20(25)22-17)15-7-2-1-3-8-15/h1-12H,(H,22,25). The fraction of sp³-hybridized carbons (Fsp3) is 0. The summed E-state index contributed by atoms with van der Waals surface area (Å²) in [6.07, 6.45) is 1.53. The minimum Gasteiger partial charge on any atom is -0.457 e. The van der Waals surface area contributed by atoms with Gasteiger partial charge in [-0.1, -0.05) is 46.3 Å². The normalized spacial score (nSPS) is 15.6. The zero-order valence-corrected chi connectivity index (χ0v) is 15.1. The van der Waals surface area contributed by atoms with Gasteiger partial charge in [0.2, 0.25) is 0 Å². The predicted octanol–water partition coefficient (Wildman–Crippen LogP) is 4.81. The number of furan rings is 1. The van der Waals surface area contributed by atoms with E-state index in [4.69, 9.17) is 4.42 Å². The fourth-order valence-electron chi connectivity index (χ4n) is 2.72. The summed E-state index contributed by atoms with van der Waals surface area (Å²) in [5.74, 6) is 0.745. The molecule has 4 rings (SSSR count). The summed E-state index contributed by atoms with van der Waals surface area (Å²) in [7, 11) is 0. The maximum atomic E-state index is 12.6. The number of carbonyl (C=O) groups is 2. The summed E-state index contributed by atoms with van der Waals surface area (Å²) in [4.78, 5) is 25.8. The molecule has 1 aromatic heterocycles. The summed E-state index contributed by atoms with van der Waals surface area (Å²) in [6.45, 7) is 0. The summed E-state index contributed by atoms with van der Waals surface area (Å²) >= 11 is 3.43. The summed E-state index contributed by atoms with van der Waals surface area (Å²) < 4.78 is 6.74. The third kappa shape index (κ3) is 3.07. The van der Waals surface area contributed by atoms with Crippen molar-refractivity contribution in [1.82, 2.24) is 5.32 Å². The van der Waals surface area contributed by atoms with Crippen LogP contribution in [0.2, 0.25) is 0 Å². The fourth-order valence-corrected chi connectivity index (χ4v) is 3.12. The molecule has 1 N–H and O–H groups in total. The number of benzene rings is 2. The second kappa shape index (κ2) is 6.65. The van der Waals surface area contributed by atoms with Gasteiger partial charge in [-0.15, -0.1) is 0 Å². The molecule has 0 bridgehead atoms. The highest BCUT2D eigenvalue weighted by Crippen LogP contribution is 2.27. The minimum atomic E-state index is -0.480. The second-order valence-electron chi connectivity index (χ2n) is 5.68. The van der Waals surface area contributed by atoms with Crippen molar-refractivity contribution >= 4 is 39.6 Å². The number of rotatable bonds is 3. The molecule has 0 radical (unpaired) electrons. The van der Waals surface area contributed by atoms with Crippen LogP contribution in [-0.4, -0.2) is 11.9 Å². The Hall–Kier alpha value is -3.12. The zero-order chi connectivity index (χ0) is 18.1. The molecule has 1 aliphatic rings. The number of carbonyl (C=O) groups excluding carboxylic acids is 2. The van der Waals surface area contributed by atoms with Crippen LogP contribution in [0.25, 0.3) is 17.4 Å². The van der Waals surface area contributed by atoms with E-state index in [1.807, 2.05) is 36.4 Å². The summed E-state index contributed by atoms with van der Waals surface area (Å²) in [5.41, 5.74) is 1.61. The van der Waals surface area contributed by atoms with Gasteiger partial charge in [-0.2, -0.15) is 0 Å². The number of hydrogen-bond acceptors (Lipinski definition) is 3. The SMILES string of the molecule is O=C1NC(=Cc2ccc(-c3cccc(Br)c3)o2)C(=O)N1c1ccccc1. The van der Waals surface area contributed by atoms with Crippen molar-refractivity contribution in [2.24, 2.45) is 0 Å². The second-order valence-corrected chi connectivity index (χ2v) is 6.59. The molecular formula is C20H13BrN2O3. The van der Waals surface area contributed by atoms with Crippen molar-refractivity contribution in [2.45, 2.75) is 0 Å². The molecule has 0 aliphatic carbocycles. The van der Waals surface area contributed by atoms with E-state index in [0.717, 1.165) is 14.9 Å². The van der Waals surface area contributed by atoms with E-state index in [9.17, 15) is 9.59 Å². The average molecular weight is 409 g/mol. The number of amides is 3. The first-order chi connectivity index (χ1) is 12.6. The molecule has 2 aromatic carbocycles. The Morgan fingerprint density at radius 2 is 1.77 bits per heavy atom. The first-order valence-electron chi connectivity index (χ1n) is 7.90. The molecule has 2 heterocycles. The molecule has 0 atom stereocenters. The lowest BCUT2D eigenvalue weighted by Crippen LogP contribution is -2.30. The van der Waals surface area contributed by atoms with Gasteiger partial charge in [0.1, 0.15) is 17.2 Å². The Labute approximate surface area is 158 Å². The van der Waals surface area contributed by atoms with E-state index >= 15 is 0 Å². The smallest absolute Gasteiger partial charge is 0.333 e. The van der Waals surface area contributed by atoms with Gasteiger partial charge in [-0.05, 0) is 36.4 Å². The highest BCUT2D eigenvalue weighted by Gasteiger charge is 2.34. The molecule has 5 nitrogen and oxygen atoms in total. The molecule has 0 unspecified atom stereocenters. The third-order valence-corrected chi connectivity index (χ3v) is 4.41. The summed E-state index contributed by atoms with van der Waals surface area (Å²) in [6, 6.07) is 19.6. The van der Waals surface area contributed by atoms with Crippen LogP contribution in [0.15, 0.2) is 81.3 Å². The number of imide groups is 1. The Morgan fingerprint density at radius 1 is 0.962 bits per heavy atom. The van der Waals surface area contributed by atoms with E-state index < -0.39 is 11.9 Å². The Bertz CT molecular complexity index is 1020. The third-order valence-electron chi connectivity index (χ3n) is 3.92. The van der Waals surface area contributed by atoms with E-state index in [1.54, 1.807) is 30.3 Å². The first-order valence-corrected chi connectivity index (χ1v) is 8.69. The highest BCUT2D eigenvalue weighted by molar-refractivity contribution is 9.10. The Balaban J connectivity index is 1.62. The quantitative estimate of drug-likeness (QED) is 0.499. The van der Waals surface area contributed by atoms with Crippen molar-refractivity contribution < 1.29 is 14.0 Å². The number of nitrogens with one attached hydrogen (secondary N) is 1. The van der Waals surface area contributed by atoms with Crippen LogP contribution in [0.5, 0.6) is 0 Å². The van der Waals surface area contributed by atoms with Crippen LogP contribution in [0.3, 0.4) is 0 Å². The molecule has 6 heteroatoms.